The van der Waals surface area contributed by atoms with Crippen LogP contribution in [0.1, 0.15) is 12.0 Å². The number of nitrogen functional groups attached to an aromatic ring is 1. The number of aromatic nitrogens is 2. The summed E-state index contributed by atoms with van der Waals surface area (Å²) in [6, 6.07) is -0.534. The summed E-state index contributed by atoms with van der Waals surface area (Å²) in [6.45, 7) is 1.68. The Kier molecular flexibility index (Phi) is 4.46. The Morgan fingerprint density at radius 3 is 2.90 bits per heavy atom. The number of anilines is 1. The standard InChI is InChI=1S/C12H17N5O3/c1-20-10(18)4-9-11(19)14-2-3-17(9)7-8-5-15-12(13)16-6-8/h5-6,9H,2-4,7H2,1H3,(H,14,19)(H2,13,15,16)/t9-/m1/s1. The van der Waals surface area contributed by atoms with Gasteiger partial charge in [0.05, 0.1) is 13.5 Å². The first kappa shape index (κ1) is 14.2. The number of hydrogen-bond acceptors (Lipinski definition) is 7. The van der Waals surface area contributed by atoms with Crippen molar-refractivity contribution in [2.24, 2.45) is 0 Å². The number of esters is 1. The van der Waals surface area contributed by atoms with Gasteiger partial charge in [0.25, 0.3) is 0 Å². The normalized spacial score (nSPS) is 19.4. The molecule has 0 saturated carbocycles. The fourth-order valence-electron chi connectivity index (χ4n) is 2.10. The summed E-state index contributed by atoms with van der Waals surface area (Å²) in [4.78, 5) is 33.0. The van der Waals surface area contributed by atoms with Crippen LogP contribution in [0, 0.1) is 0 Å². The third-order valence-corrected chi connectivity index (χ3v) is 3.14. The second-order valence-electron chi connectivity index (χ2n) is 4.51. The highest BCUT2D eigenvalue weighted by Gasteiger charge is 2.31. The smallest absolute Gasteiger partial charge is 0.307 e. The Morgan fingerprint density at radius 2 is 2.25 bits per heavy atom. The lowest BCUT2D eigenvalue weighted by Gasteiger charge is -2.34. The number of nitrogens with zero attached hydrogens (tertiary/aromatic N) is 3. The molecule has 108 valence electrons. The van der Waals surface area contributed by atoms with E-state index in [0.29, 0.717) is 19.6 Å². The SMILES string of the molecule is COC(=O)C[C@@H]1C(=O)NCCN1Cc1cnc(N)nc1. The van der Waals surface area contributed by atoms with Crippen LogP contribution >= 0.6 is 0 Å². The number of carbonyl (C=O) groups is 2. The summed E-state index contributed by atoms with van der Waals surface area (Å²) in [5.41, 5.74) is 6.27. The number of nitrogens with one attached hydrogen (secondary N) is 1. The van der Waals surface area contributed by atoms with E-state index in [0.717, 1.165) is 5.56 Å². The summed E-state index contributed by atoms with van der Waals surface area (Å²) in [5, 5.41) is 2.75. The maximum atomic E-state index is 11.9. The molecule has 0 radical (unpaired) electrons. The highest BCUT2D eigenvalue weighted by atomic mass is 16.5. The molecule has 0 spiro atoms. The Morgan fingerprint density at radius 1 is 1.55 bits per heavy atom. The maximum Gasteiger partial charge on any atom is 0.307 e. The fourth-order valence-corrected chi connectivity index (χ4v) is 2.10. The first-order valence-electron chi connectivity index (χ1n) is 6.25. The minimum absolute atomic E-state index is 0.0260. The van der Waals surface area contributed by atoms with Gasteiger partial charge in [-0.1, -0.05) is 0 Å². The molecule has 0 bridgehead atoms. The Labute approximate surface area is 116 Å². The zero-order valence-corrected chi connectivity index (χ0v) is 11.2. The van der Waals surface area contributed by atoms with E-state index in [9.17, 15) is 9.59 Å². The molecule has 20 heavy (non-hydrogen) atoms. The zero-order valence-electron chi connectivity index (χ0n) is 11.2. The van der Waals surface area contributed by atoms with Crippen molar-refractivity contribution in [3.05, 3.63) is 18.0 Å². The van der Waals surface area contributed by atoms with E-state index in [1.807, 2.05) is 4.90 Å². The van der Waals surface area contributed by atoms with Crippen molar-refractivity contribution in [3.8, 4) is 0 Å². The molecule has 1 aromatic heterocycles. The molecule has 1 aromatic rings. The molecular formula is C12H17N5O3. The monoisotopic (exact) mass is 279 g/mol. The van der Waals surface area contributed by atoms with E-state index in [2.05, 4.69) is 20.0 Å². The summed E-state index contributed by atoms with van der Waals surface area (Å²) >= 11 is 0. The highest BCUT2D eigenvalue weighted by Crippen LogP contribution is 2.13. The molecule has 1 saturated heterocycles. The third kappa shape index (κ3) is 3.41. The predicted molar refractivity (Wildman–Crippen MR) is 70.3 cm³/mol. The van der Waals surface area contributed by atoms with E-state index in [-0.39, 0.29) is 18.3 Å². The van der Waals surface area contributed by atoms with Gasteiger partial charge in [-0.05, 0) is 0 Å². The van der Waals surface area contributed by atoms with E-state index >= 15 is 0 Å². The largest absolute Gasteiger partial charge is 0.469 e. The molecule has 1 aliphatic rings. The maximum absolute atomic E-state index is 11.9. The van der Waals surface area contributed by atoms with Gasteiger partial charge in [-0.3, -0.25) is 14.5 Å². The minimum Gasteiger partial charge on any atom is -0.469 e. The molecule has 3 N–H and O–H groups in total. The average molecular weight is 279 g/mol. The number of amides is 1. The molecule has 1 atom stereocenters. The number of hydrogen-bond donors (Lipinski definition) is 2. The van der Waals surface area contributed by atoms with Crippen LogP contribution < -0.4 is 11.1 Å². The molecule has 1 amide bonds. The zero-order chi connectivity index (χ0) is 14.5. The number of methoxy groups -OCH3 is 1. The van der Waals surface area contributed by atoms with Gasteiger partial charge in [0.15, 0.2) is 0 Å². The highest BCUT2D eigenvalue weighted by molar-refractivity contribution is 5.87. The lowest BCUT2D eigenvalue weighted by molar-refractivity contribution is -0.146. The van der Waals surface area contributed by atoms with Crippen LogP contribution in [0.15, 0.2) is 12.4 Å². The van der Waals surface area contributed by atoms with Gasteiger partial charge in [0.2, 0.25) is 11.9 Å². The number of nitrogens with two attached hydrogens (primary N) is 1. The molecule has 2 rings (SSSR count). The van der Waals surface area contributed by atoms with Gasteiger partial charge < -0.3 is 15.8 Å². The first-order chi connectivity index (χ1) is 9.60. The van der Waals surface area contributed by atoms with Crippen LogP contribution in [0.5, 0.6) is 0 Å². The molecule has 8 nitrogen and oxygen atoms in total. The van der Waals surface area contributed by atoms with E-state index in [1.54, 1.807) is 12.4 Å². The topological polar surface area (TPSA) is 110 Å². The van der Waals surface area contributed by atoms with Gasteiger partial charge in [-0.2, -0.15) is 0 Å². The third-order valence-electron chi connectivity index (χ3n) is 3.14. The van der Waals surface area contributed by atoms with Crippen LogP contribution in [-0.2, 0) is 20.9 Å². The van der Waals surface area contributed by atoms with E-state index in [4.69, 9.17) is 5.73 Å². The van der Waals surface area contributed by atoms with Gasteiger partial charge >= 0.3 is 5.97 Å². The number of piperazine rings is 1. The fraction of sp³-hybridized carbons (Fsp3) is 0.500. The number of rotatable bonds is 4. The summed E-state index contributed by atoms with van der Waals surface area (Å²) in [7, 11) is 1.31. The second-order valence-corrected chi connectivity index (χ2v) is 4.51. The molecule has 0 unspecified atom stereocenters. The average Bonchev–Trinajstić information content (AvgIpc) is 2.45. The molecule has 2 heterocycles. The summed E-state index contributed by atoms with van der Waals surface area (Å²) < 4.78 is 4.63. The summed E-state index contributed by atoms with van der Waals surface area (Å²) in [5.74, 6) is -0.375. The van der Waals surface area contributed by atoms with Gasteiger partial charge in [-0.25, -0.2) is 9.97 Å². The van der Waals surface area contributed by atoms with Gasteiger partial charge in [0, 0.05) is 37.6 Å². The molecular weight excluding hydrogens is 262 g/mol. The van der Waals surface area contributed by atoms with Crippen LogP contribution in [-0.4, -0.2) is 53.0 Å². The van der Waals surface area contributed by atoms with Gasteiger partial charge in [0.1, 0.15) is 6.04 Å². The molecule has 1 aliphatic heterocycles. The predicted octanol–water partition coefficient (Wildman–Crippen LogP) is -1.08. The van der Waals surface area contributed by atoms with E-state index < -0.39 is 12.0 Å². The van der Waals surface area contributed by atoms with Crippen molar-refractivity contribution in [2.45, 2.75) is 19.0 Å². The minimum atomic E-state index is -0.534. The Balaban J connectivity index is 2.08. The van der Waals surface area contributed by atoms with Crippen LogP contribution in [0.3, 0.4) is 0 Å². The lowest BCUT2D eigenvalue weighted by Crippen LogP contribution is -2.55. The van der Waals surface area contributed by atoms with Crippen LogP contribution in [0.4, 0.5) is 5.95 Å². The second kappa shape index (κ2) is 6.29. The van der Waals surface area contributed by atoms with E-state index in [1.165, 1.54) is 7.11 Å². The van der Waals surface area contributed by atoms with Crippen molar-refractivity contribution >= 4 is 17.8 Å². The molecule has 1 fully saturated rings. The van der Waals surface area contributed by atoms with Crippen molar-refractivity contribution in [1.82, 2.24) is 20.2 Å². The number of carbonyl (C=O) groups excluding carboxylic acids is 2. The van der Waals surface area contributed by atoms with Crippen LogP contribution in [0.2, 0.25) is 0 Å². The first-order valence-corrected chi connectivity index (χ1v) is 6.25. The lowest BCUT2D eigenvalue weighted by atomic mass is 10.1. The van der Waals surface area contributed by atoms with Crippen LogP contribution in [0.25, 0.3) is 0 Å². The quantitative estimate of drug-likeness (QED) is 0.674. The number of ether oxygens (including phenoxy) is 1. The van der Waals surface area contributed by atoms with Crippen molar-refractivity contribution in [2.75, 3.05) is 25.9 Å². The summed E-state index contributed by atoms with van der Waals surface area (Å²) in [6.07, 6.45) is 3.26. The molecule has 0 aliphatic carbocycles. The Bertz CT molecular complexity index is 490. The molecule has 8 heteroatoms. The Hall–Kier alpha value is -2.22. The van der Waals surface area contributed by atoms with Crippen molar-refractivity contribution in [3.63, 3.8) is 0 Å². The van der Waals surface area contributed by atoms with Gasteiger partial charge in [-0.15, -0.1) is 0 Å². The van der Waals surface area contributed by atoms with Crippen molar-refractivity contribution in [1.29, 1.82) is 0 Å². The van der Waals surface area contributed by atoms with Crippen molar-refractivity contribution < 1.29 is 14.3 Å². The molecule has 0 aromatic carbocycles.